The van der Waals surface area contributed by atoms with Gasteiger partial charge in [-0.3, -0.25) is 0 Å². The minimum atomic E-state index is 0.510. The molecule has 0 aliphatic rings. The molecule has 0 saturated carbocycles. The highest BCUT2D eigenvalue weighted by molar-refractivity contribution is 9.10. The van der Waals surface area contributed by atoms with Gasteiger partial charge in [0.2, 0.25) is 5.88 Å². The molecule has 16 heavy (non-hydrogen) atoms. The molecule has 2 aromatic rings. The number of halogens is 1. The maximum absolute atomic E-state index is 5.62. The van der Waals surface area contributed by atoms with E-state index in [1.165, 1.54) is 0 Å². The minimum Gasteiger partial charge on any atom is -0.437 e. The molecule has 0 saturated heterocycles. The molecule has 1 aromatic heterocycles. The summed E-state index contributed by atoms with van der Waals surface area (Å²) in [5, 5.41) is 7.89. The lowest BCUT2D eigenvalue weighted by atomic mass is 10.2. The number of aromatic nitrogens is 2. The number of hydrogen-bond acceptors (Lipinski definition) is 3. The van der Waals surface area contributed by atoms with Crippen molar-refractivity contribution >= 4 is 15.9 Å². The lowest BCUT2D eigenvalue weighted by Gasteiger charge is -2.07. The Morgan fingerprint density at radius 3 is 2.50 bits per heavy atom. The van der Waals surface area contributed by atoms with Gasteiger partial charge in [0.25, 0.3) is 0 Å². The topological polar surface area (TPSA) is 35.0 Å². The van der Waals surface area contributed by atoms with Crippen LogP contribution < -0.4 is 4.74 Å². The van der Waals surface area contributed by atoms with Gasteiger partial charge >= 0.3 is 0 Å². The van der Waals surface area contributed by atoms with E-state index >= 15 is 0 Å². The number of aryl methyl sites for hydroxylation is 2. The molecule has 0 fully saturated rings. The third-order valence-corrected chi connectivity index (χ3v) is 2.62. The molecule has 0 bridgehead atoms. The predicted molar refractivity (Wildman–Crippen MR) is 65.7 cm³/mol. The molecule has 0 unspecified atom stereocenters. The molecule has 1 heterocycles. The van der Waals surface area contributed by atoms with Gasteiger partial charge in [-0.2, -0.15) is 5.10 Å². The summed E-state index contributed by atoms with van der Waals surface area (Å²) in [6.45, 7) is 3.88. The second kappa shape index (κ2) is 4.61. The van der Waals surface area contributed by atoms with Gasteiger partial charge in [-0.25, -0.2) is 0 Å². The first kappa shape index (κ1) is 11.1. The van der Waals surface area contributed by atoms with Gasteiger partial charge < -0.3 is 4.74 Å². The van der Waals surface area contributed by atoms with Gasteiger partial charge in [-0.15, -0.1) is 5.10 Å². The number of nitrogens with zero attached hydrogens (tertiary/aromatic N) is 2. The average molecular weight is 279 g/mol. The van der Waals surface area contributed by atoms with Gasteiger partial charge in [-0.05, 0) is 43.7 Å². The van der Waals surface area contributed by atoms with Crippen molar-refractivity contribution in [2.24, 2.45) is 0 Å². The first-order valence-corrected chi connectivity index (χ1v) is 5.69. The van der Waals surface area contributed by atoms with Crippen LogP contribution in [-0.4, -0.2) is 10.2 Å². The van der Waals surface area contributed by atoms with Crippen molar-refractivity contribution in [3.63, 3.8) is 0 Å². The summed E-state index contributed by atoms with van der Waals surface area (Å²) in [7, 11) is 0. The fourth-order valence-corrected chi connectivity index (χ4v) is 1.76. The van der Waals surface area contributed by atoms with Crippen molar-refractivity contribution < 1.29 is 4.74 Å². The minimum absolute atomic E-state index is 0.510. The zero-order valence-electron chi connectivity index (χ0n) is 9.07. The first-order chi connectivity index (χ1) is 7.65. The number of benzene rings is 1. The van der Waals surface area contributed by atoms with E-state index in [2.05, 4.69) is 26.1 Å². The van der Waals surface area contributed by atoms with E-state index in [1.807, 2.05) is 44.2 Å². The maximum atomic E-state index is 5.62. The predicted octanol–water partition coefficient (Wildman–Crippen LogP) is 3.65. The summed E-state index contributed by atoms with van der Waals surface area (Å²) in [4.78, 5) is 0. The second-order valence-corrected chi connectivity index (χ2v) is 4.44. The Labute approximate surface area is 103 Å². The smallest absolute Gasteiger partial charge is 0.238 e. The Morgan fingerprint density at radius 1 is 1.06 bits per heavy atom. The van der Waals surface area contributed by atoms with Crippen molar-refractivity contribution in [2.75, 3.05) is 0 Å². The van der Waals surface area contributed by atoms with Crippen LogP contribution in [0, 0.1) is 13.8 Å². The van der Waals surface area contributed by atoms with Gasteiger partial charge in [0, 0.05) is 10.5 Å². The maximum Gasteiger partial charge on any atom is 0.238 e. The quantitative estimate of drug-likeness (QED) is 0.841. The number of hydrogen-bond donors (Lipinski definition) is 0. The van der Waals surface area contributed by atoms with E-state index in [0.717, 1.165) is 21.5 Å². The number of ether oxygens (including phenoxy) is 1. The summed E-state index contributed by atoms with van der Waals surface area (Å²) in [5.74, 6) is 1.30. The van der Waals surface area contributed by atoms with Gasteiger partial charge in [0.1, 0.15) is 5.75 Å². The summed E-state index contributed by atoms with van der Waals surface area (Å²) in [5.41, 5.74) is 1.93. The van der Waals surface area contributed by atoms with Gasteiger partial charge in [-0.1, -0.05) is 15.9 Å². The highest BCUT2D eigenvalue weighted by Crippen LogP contribution is 2.25. The van der Waals surface area contributed by atoms with Crippen LogP contribution >= 0.6 is 15.9 Å². The standard InChI is InChI=1S/C12H11BrN2O/c1-8-7-10(13)4-5-11(8)16-12-6-3-9(2)14-15-12/h3-7H,1-2H3. The van der Waals surface area contributed by atoms with Crippen molar-refractivity contribution in [2.45, 2.75) is 13.8 Å². The van der Waals surface area contributed by atoms with Gasteiger partial charge in [0.05, 0.1) is 5.69 Å². The van der Waals surface area contributed by atoms with E-state index < -0.39 is 0 Å². The highest BCUT2D eigenvalue weighted by Gasteiger charge is 2.03. The Morgan fingerprint density at radius 2 is 1.88 bits per heavy atom. The lowest BCUT2D eigenvalue weighted by molar-refractivity contribution is 0.451. The van der Waals surface area contributed by atoms with Crippen molar-refractivity contribution in [3.05, 3.63) is 46.1 Å². The van der Waals surface area contributed by atoms with Crippen LogP contribution in [0.2, 0.25) is 0 Å². The third-order valence-electron chi connectivity index (χ3n) is 2.12. The molecule has 82 valence electrons. The molecule has 0 radical (unpaired) electrons. The Hall–Kier alpha value is -1.42. The summed E-state index contributed by atoms with van der Waals surface area (Å²) >= 11 is 3.41. The molecule has 0 aliphatic carbocycles. The van der Waals surface area contributed by atoms with E-state index in [0.29, 0.717) is 5.88 Å². The van der Waals surface area contributed by atoms with Gasteiger partial charge in [0.15, 0.2) is 0 Å². The van der Waals surface area contributed by atoms with E-state index in [9.17, 15) is 0 Å². The molecule has 0 N–H and O–H groups in total. The van der Waals surface area contributed by atoms with Crippen LogP contribution in [0.25, 0.3) is 0 Å². The third kappa shape index (κ3) is 2.58. The molecule has 4 heteroatoms. The molecule has 3 nitrogen and oxygen atoms in total. The van der Waals surface area contributed by atoms with Crippen molar-refractivity contribution in [1.82, 2.24) is 10.2 Å². The molecule has 2 rings (SSSR count). The average Bonchev–Trinajstić information content (AvgIpc) is 2.25. The molecular weight excluding hydrogens is 268 g/mol. The van der Waals surface area contributed by atoms with Crippen molar-refractivity contribution in [3.8, 4) is 11.6 Å². The van der Waals surface area contributed by atoms with Crippen LogP contribution in [0.4, 0.5) is 0 Å². The SMILES string of the molecule is Cc1ccc(Oc2ccc(Br)cc2C)nn1. The molecule has 1 aromatic carbocycles. The molecule has 0 spiro atoms. The normalized spacial score (nSPS) is 10.2. The Bertz CT molecular complexity index is 497. The fraction of sp³-hybridized carbons (Fsp3) is 0.167. The molecule has 0 atom stereocenters. The van der Waals surface area contributed by atoms with Crippen LogP contribution in [-0.2, 0) is 0 Å². The van der Waals surface area contributed by atoms with Crippen LogP contribution in [0.15, 0.2) is 34.8 Å². The highest BCUT2D eigenvalue weighted by atomic mass is 79.9. The number of rotatable bonds is 2. The zero-order valence-corrected chi connectivity index (χ0v) is 10.7. The molecule has 0 aliphatic heterocycles. The van der Waals surface area contributed by atoms with Crippen molar-refractivity contribution in [1.29, 1.82) is 0 Å². The summed E-state index contributed by atoms with van der Waals surface area (Å²) in [6.07, 6.45) is 0. The summed E-state index contributed by atoms with van der Waals surface area (Å²) < 4.78 is 6.66. The second-order valence-electron chi connectivity index (χ2n) is 3.52. The monoisotopic (exact) mass is 278 g/mol. The first-order valence-electron chi connectivity index (χ1n) is 4.89. The van der Waals surface area contributed by atoms with Crippen LogP contribution in [0.1, 0.15) is 11.3 Å². The Balaban J connectivity index is 2.23. The molecular formula is C12H11BrN2O. The fourth-order valence-electron chi connectivity index (χ4n) is 1.28. The zero-order chi connectivity index (χ0) is 11.5. The summed E-state index contributed by atoms with van der Waals surface area (Å²) in [6, 6.07) is 9.52. The molecule has 0 amide bonds. The van der Waals surface area contributed by atoms with E-state index in [4.69, 9.17) is 4.74 Å². The van der Waals surface area contributed by atoms with E-state index in [1.54, 1.807) is 0 Å². The largest absolute Gasteiger partial charge is 0.437 e. The lowest BCUT2D eigenvalue weighted by Crippen LogP contribution is -1.93. The van der Waals surface area contributed by atoms with E-state index in [-0.39, 0.29) is 0 Å². The Kier molecular flexibility index (Phi) is 3.19. The van der Waals surface area contributed by atoms with Crippen LogP contribution in [0.5, 0.6) is 11.6 Å². The van der Waals surface area contributed by atoms with Crippen LogP contribution in [0.3, 0.4) is 0 Å².